The van der Waals surface area contributed by atoms with Crippen LogP contribution in [0.1, 0.15) is 16.1 Å². The molecule has 0 unspecified atom stereocenters. The highest BCUT2D eigenvalue weighted by Crippen LogP contribution is 2.25. The molecule has 0 aliphatic rings. The standard InChI is InChI=1S/C12H14FN3O2S2/c1-7-8(2)19-12(15-7)16-20(17,18)11-5-9(6-14)3-4-10(11)13/h3-5H,6,14H2,1-2H3,(H,15,16). The Morgan fingerprint density at radius 1 is 1.40 bits per heavy atom. The van der Waals surface area contributed by atoms with Crippen molar-refractivity contribution in [3.05, 3.63) is 40.2 Å². The van der Waals surface area contributed by atoms with Gasteiger partial charge in [0.05, 0.1) is 5.69 Å². The highest BCUT2D eigenvalue weighted by molar-refractivity contribution is 7.93. The Hall–Kier alpha value is -1.51. The Bertz CT molecular complexity index is 722. The summed E-state index contributed by atoms with van der Waals surface area (Å²) in [5, 5.41) is 0.220. The van der Waals surface area contributed by atoms with E-state index in [-0.39, 0.29) is 11.7 Å². The first-order chi connectivity index (χ1) is 9.33. The molecule has 0 aliphatic heterocycles. The van der Waals surface area contributed by atoms with Crippen LogP contribution in [0.2, 0.25) is 0 Å². The molecule has 108 valence electrons. The van der Waals surface area contributed by atoms with Gasteiger partial charge in [-0.1, -0.05) is 6.07 Å². The van der Waals surface area contributed by atoms with Gasteiger partial charge in [-0.25, -0.2) is 17.8 Å². The summed E-state index contributed by atoms with van der Waals surface area (Å²) in [6, 6.07) is 3.77. The van der Waals surface area contributed by atoms with E-state index in [1.165, 1.54) is 23.5 Å². The molecule has 8 heteroatoms. The number of aryl methyl sites for hydroxylation is 2. The lowest BCUT2D eigenvalue weighted by molar-refractivity contribution is 0.569. The van der Waals surface area contributed by atoms with Crippen LogP contribution >= 0.6 is 11.3 Å². The summed E-state index contributed by atoms with van der Waals surface area (Å²) in [5.74, 6) is -0.820. The molecule has 3 N–H and O–H groups in total. The number of nitrogens with zero attached hydrogens (tertiary/aromatic N) is 1. The Kier molecular flexibility index (Phi) is 4.07. The van der Waals surface area contributed by atoms with E-state index >= 15 is 0 Å². The van der Waals surface area contributed by atoms with Crippen LogP contribution in [0.4, 0.5) is 9.52 Å². The van der Waals surface area contributed by atoms with Gasteiger partial charge in [-0.15, -0.1) is 11.3 Å². The topological polar surface area (TPSA) is 85.1 Å². The maximum absolute atomic E-state index is 13.7. The van der Waals surface area contributed by atoms with Crippen molar-refractivity contribution in [1.29, 1.82) is 0 Å². The van der Waals surface area contributed by atoms with E-state index in [0.717, 1.165) is 16.6 Å². The quantitative estimate of drug-likeness (QED) is 0.905. The molecule has 0 saturated heterocycles. The van der Waals surface area contributed by atoms with Gasteiger partial charge in [0.15, 0.2) is 5.13 Å². The zero-order chi connectivity index (χ0) is 14.9. The summed E-state index contributed by atoms with van der Waals surface area (Å²) in [7, 11) is -4.01. The van der Waals surface area contributed by atoms with Crippen LogP contribution in [-0.2, 0) is 16.6 Å². The summed E-state index contributed by atoms with van der Waals surface area (Å²) in [6.07, 6.45) is 0. The lowest BCUT2D eigenvalue weighted by Gasteiger charge is -2.07. The second kappa shape index (κ2) is 5.47. The minimum Gasteiger partial charge on any atom is -0.326 e. The molecule has 0 spiro atoms. The molecule has 1 aromatic carbocycles. The third-order valence-electron chi connectivity index (χ3n) is 2.77. The maximum atomic E-state index is 13.7. The van der Waals surface area contributed by atoms with E-state index in [4.69, 9.17) is 5.73 Å². The molecule has 1 heterocycles. The van der Waals surface area contributed by atoms with Crippen molar-refractivity contribution < 1.29 is 12.8 Å². The molecular formula is C12H14FN3O2S2. The molecular weight excluding hydrogens is 301 g/mol. The number of hydrogen-bond donors (Lipinski definition) is 2. The summed E-state index contributed by atoms with van der Waals surface area (Å²) in [6.45, 7) is 3.75. The molecule has 0 fully saturated rings. The first-order valence-corrected chi connectivity index (χ1v) is 8.09. The van der Waals surface area contributed by atoms with Crippen LogP contribution in [-0.4, -0.2) is 13.4 Å². The SMILES string of the molecule is Cc1nc(NS(=O)(=O)c2cc(CN)ccc2F)sc1C. The monoisotopic (exact) mass is 315 g/mol. The van der Waals surface area contributed by atoms with Gasteiger partial charge in [0.25, 0.3) is 10.0 Å². The number of nitrogens with two attached hydrogens (primary N) is 1. The van der Waals surface area contributed by atoms with Crippen molar-refractivity contribution in [2.24, 2.45) is 5.73 Å². The number of anilines is 1. The van der Waals surface area contributed by atoms with Gasteiger partial charge in [0.2, 0.25) is 0 Å². The third kappa shape index (κ3) is 2.97. The molecule has 0 saturated carbocycles. The number of thiazole rings is 1. The minimum absolute atomic E-state index is 0.137. The lowest BCUT2D eigenvalue weighted by Crippen LogP contribution is -2.15. The van der Waals surface area contributed by atoms with E-state index < -0.39 is 20.7 Å². The normalized spacial score (nSPS) is 11.6. The number of aromatic nitrogens is 1. The Morgan fingerprint density at radius 2 is 2.10 bits per heavy atom. The van der Waals surface area contributed by atoms with Gasteiger partial charge < -0.3 is 5.73 Å². The van der Waals surface area contributed by atoms with Crippen LogP contribution in [0, 0.1) is 19.7 Å². The van der Waals surface area contributed by atoms with Crippen molar-refractivity contribution in [3.63, 3.8) is 0 Å². The van der Waals surface area contributed by atoms with Crippen LogP contribution in [0.3, 0.4) is 0 Å². The number of benzene rings is 1. The zero-order valence-corrected chi connectivity index (χ0v) is 12.6. The van der Waals surface area contributed by atoms with Crippen molar-refractivity contribution in [1.82, 2.24) is 4.98 Å². The predicted molar refractivity (Wildman–Crippen MR) is 76.7 cm³/mol. The minimum atomic E-state index is -4.01. The predicted octanol–water partition coefficient (Wildman–Crippen LogP) is 2.16. The highest BCUT2D eigenvalue weighted by Gasteiger charge is 2.21. The van der Waals surface area contributed by atoms with Crippen molar-refractivity contribution in [3.8, 4) is 0 Å². The van der Waals surface area contributed by atoms with E-state index in [0.29, 0.717) is 5.56 Å². The first kappa shape index (κ1) is 14.9. The van der Waals surface area contributed by atoms with Crippen molar-refractivity contribution in [2.45, 2.75) is 25.3 Å². The third-order valence-corrected chi connectivity index (χ3v) is 5.24. The van der Waals surface area contributed by atoms with Crippen LogP contribution in [0.5, 0.6) is 0 Å². The van der Waals surface area contributed by atoms with Gasteiger partial charge in [-0.2, -0.15) is 0 Å². The Labute approximate surface area is 120 Å². The number of sulfonamides is 1. The first-order valence-electron chi connectivity index (χ1n) is 5.79. The molecule has 0 bridgehead atoms. The fourth-order valence-electron chi connectivity index (χ4n) is 1.57. The smallest absolute Gasteiger partial charge is 0.266 e. The lowest BCUT2D eigenvalue weighted by atomic mass is 10.2. The van der Waals surface area contributed by atoms with E-state index in [1.54, 1.807) is 6.92 Å². The van der Waals surface area contributed by atoms with Crippen molar-refractivity contribution in [2.75, 3.05) is 4.72 Å². The Morgan fingerprint density at radius 3 is 2.65 bits per heavy atom. The van der Waals surface area contributed by atoms with Gasteiger partial charge in [-0.05, 0) is 31.5 Å². The zero-order valence-electron chi connectivity index (χ0n) is 11.0. The van der Waals surface area contributed by atoms with E-state index in [1.807, 2.05) is 6.92 Å². The fourth-order valence-corrected chi connectivity index (χ4v) is 3.75. The van der Waals surface area contributed by atoms with E-state index in [2.05, 4.69) is 9.71 Å². The average Bonchev–Trinajstić information content (AvgIpc) is 2.67. The average molecular weight is 315 g/mol. The maximum Gasteiger partial charge on any atom is 0.266 e. The van der Waals surface area contributed by atoms with Gasteiger partial charge in [0, 0.05) is 11.4 Å². The summed E-state index contributed by atoms with van der Waals surface area (Å²) in [4.78, 5) is 4.55. The fraction of sp³-hybridized carbons (Fsp3) is 0.250. The highest BCUT2D eigenvalue weighted by atomic mass is 32.2. The molecule has 20 heavy (non-hydrogen) atoms. The summed E-state index contributed by atoms with van der Waals surface area (Å²) in [5.41, 5.74) is 6.72. The van der Waals surface area contributed by atoms with Crippen LogP contribution in [0.25, 0.3) is 0 Å². The van der Waals surface area contributed by atoms with Gasteiger partial charge >= 0.3 is 0 Å². The number of rotatable bonds is 4. The molecule has 1 aromatic heterocycles. The summed E-state index contributed by atoms with van der Waals surface area (Å²) >= 11 is 1.20. The van der Waals surface area contributed by atoms with Crippen molar-refractivity contribution >= 4 is 26.5 Å². The number of nitrogens with one attached hydrogen (secondary N) is 1. The Balaban J connectivity index is 2.40. The molecule has 0 amide bonds. The molecule has 2 aromatic rings. The van der Waals surface area contributed by atoms with Crippen LogP contribution < -0.4 is 10.5 Å². The van der Waals surface area contributed by atoms with E-state index in [9.17, 15) is 12.8 Å². The van der Waals surface area contributed by atoms with Crippen LogP contribution in [0.15, 0.2) is 23.1 Å². The second-order valence-electron chi connectivity index (χ2n) is 4.24. The molecule has 5 nitrogen and oxygen atoms in total. The largest absolute Gasteiger partial charge is 0.326 e. The number of hydrogen-bond acceptors (Lipinski definition) is 5. The number of halogens is 1. The molecule has 0 aliphatic carbocycles. The molecule has 0 atom stereocenters. The molecule has 0 radical (unpaired) electrons. The second-order valence-corrected chi connectivity index (χ2v) is 7.09. The summed E-state index contributed by atoms with van der Waals surface area (Å²) < 4.78 is 40.4. The van der Waals surface area contributed by atoms with Gasteiger partial charge in [-0.3, -0.25) is 4.72 Å². The molecule has 2 rings (SSSR count). The van der Waals surface area contributed by atoms with Gasteiger partial charge in [0.1, 0.15) is 10.7 Å².